The fourth-order valence-electron chi connectivity index (χ4n) is 3.29. The van der Waals surface area contributed by atoms with Gasteiger partial charge in [-0.05, 0) is 38.1 Å². The van der Waals surface area contributed by atoms with Gasteiger partial charge in [0.05, 0.1) is 6.04 Å². The first-order valence-corrected chi connectivity index (χ1v) is 8.32. The molecule has 0 aliphatic carbocycles. The summed E-state index contributed by atoms with van der Waals surface area (Å²) in [7, 11) is 4.04. The van der Waals surface area contributed by atoms with E-state index in [1.807, 2.05) is 26.2 Å². The molecule has 1 unspecified atom stereocenters. The van der Waals surface area contributed by atoms with Crippen LogP contribution in [0.25, 0.3) is 0 Å². The quantitative estimate of drug-likeness (QED) is 0.871. The maximum Gasteiger partial charge on any atom is 0.325 e. The standard InChI is InChI=1S/C18H22N4O3/c1-21(2)11-12-5-7-13(8-6-12)15-4-3-9-22(15)17(24)14-10-19-18(25)20-16(14)23/h5-8,10,15H,3-4,9,11H2,1-2H3,(H2,19,20,23,25). The van der Waals surface area contributed by atoms with Crippen LogP contribution in [0.4, 0.5) is 0 Å². The number of amides is 1. The summed E-state index contributed by atoms with van der Waals surface area (Å²) in [6.45, 7) is 1.46. The minimum atomic E-state index is -0.652. The van der Waals surface area contributed by atoms with Gasteiger partial charge in [-0.15, -0.1) is 0 Å². The van der Waals surface area contributed by atoms with E-state index in [0.717, 1.165) is 24.9 Å². The fourth-order valence-corrected chi connectivity index (χ4v) is 3.29. The molecule has 25 heavy (non-hydrogen) atoms. The summed E-state index contributed by atoms with van der Waals surface area (Å²) < 4.78 is 0. The van der Waals surface area contributed by atoms with Crippen molar-refractivity contribution in [2.45, 2.75) is 25.4 Å². The van der Waals surface area contributed by atoms with Gasteiger partial charge in [0.2, 0.25) is 0 Å². The van der Waals surface area contributed by atoms with Gasteiger partial charge in [0.1, 0.15) is 5.56 Å². The van der Waals surface area contributed by atoms with E-state index in [9.17, 15) is 14.4 Å². The predicted octanol–water partition coefficient (Wildman–Crippen LogP) is 1.10. The molecule has 7 heteroatoms. The molecule has 2 aromatic rings. The number of hydrogen-bond acceptors (Lipinski definition) is 4. The van der Waals surface area contributed by atoms with Crippen LogP contribution in [0.15, 0.2) is 40.1 Å². The first kappa shape index (κ1) is 17.2. The van der Waals surface area contributed by atoms with Crippen molar-refractivity contribution in [1.82, 2.24) is 19.8 Å². The minimum Gasteiger partial charge on any atom is -0.331 e. The van der Waals surface area contributed by atoms with E-state index in [-0.39, 0.29) is 17.5 Å². The van der Waals surface area contributed by atoms with Crippen LogP contribution in [-0.2, 0) is 6.54 Å². The summed E-state index contributed by atoms with van der Waals surface area (Å²) in [6, 6.07) is 8.19. The van der Waals surface area contributed by atoms with Gasteiger partial charge in [-0.3, -0.25) is 14.6 Å². The van der Waals surface area contributed by atoms with Gasteiger partial charge in [0.15, 0.2) is 0 Å². The number of carbonyl (C=O) groups excluding carboxylic acids is 1. The highest BCUT2D eigenvalue weighted by Gasteiger charge is 2.31. The van der Waals surface area contributed by atoms with Gasteiger partial charge >= 0.3 is 5.69 Å². The summed E-state index contributed by atoms with van der Waals surface area (Å²) in [4.78, 5) is 44.1. The van der Waals surface area contributed by atoms with Crippen molar-refractivity contribution in [2.75, 3.05) is 20.6 Å². The lowest BCUT2D eigenvalue weighted by molar-refractivity contribution is 0.0733. The van der Waals surface area contributed by atoms with E-state index in [0.29, 0.717) is 6.54 Å². The fraction of sp³-hybridized carbons (Fsp3) is 0.389. The van der Waals surface area contributed by atoms with E-state index in [1.165, 1.54) is 11.8 Å². The molecule has 132 valence electrons. The average molecular weight is 342 g/mol. The molecule has 2 heterocycles. The molecule has 1 fully saturated rings. The third-order valence-electron chi connectivity index (χ3n) is 4.43. The Morgan fingerprint density at radius 2 is 1.96 bits per heavy atom. The number of likely N-dealkylation sites (tertiary alicyclic amines) is 1. The number of nitrogens with zero attached hydrogens (tertiary/aromatic N) is 2. The highest BCUT2D eigenvalue weighted by Crippen LogP contribution is 2.32. The number of aromatic amines is 2. The molecule has 1 atom stereocenters. The van der Waals surface area contributed by atoms with Crippen molar-refractivity contribution in [2.24, 2.45) is 0 Å². The van der Waals surface area contributed by atoms with E-state index in [4.69, 9.17) is 0 Å². The van der Waals surface area contributed by atoms with Crippen LogP contribution in [0.2, 0.25) is 0 Å². The van der Waals surface area contributed by atoms with Gasteiger partial charge in [0, 0.05) is 19.3 Å². The first-order chi connectivity index (χ1) is 12.0. The molecule has 1 aromatic heterocycles. The molecule has 2 N–H and O–H groups in total. The molecular weight excluding hydrogens is 320 g/mol. The highest BCUT2D eigenvalue weighted by atomic mass is 16.2. The number of rotatable bonds is 4. The molecule has 7 nitrogen and oxygen atoms in total. The number of nitrogens with one attached hydrogen (secondary N) is 2. The average Bonchev–Trinajstić information content (AvgIpc) is 3.04. The molecule has 1 amide bonds. The Labute approximate surface area is 145 Å². The lowest BCUT2D eigenvalue weighted by Crippen LogP contribution is -2.36. The Morgan fingerprint density at radius 1 is 1.24 bits per heavy atom. The van der Waals surface area contributed by atoms with Crippen molar-refractivity contribution in [3.63, 3.8) is 0 Å². The van der Waals surface area contributed by atoms with Gasteiger partial charge in [-0.2, -0.15) is 0 Å². The van der Waals surface area contributed by atoms with Crippen LogP contribution in [0, 0.1) is 0 Å². The topological polar surface area (TPSA) is 89.3 Å². The van der Waals surface area contributed by atoms with Crippen molar-refractivity contribution in [1.29, 1.82) is 0 Å². The van der Waals surface area contributed by atoms with E-state index in [2.05, 4.69) is 27.0 Å². The zero-order valence-electron chi connectivity index (χ0n) is 14.4. The third-order valence-corrected chi connectivity index (χ3v) is 4.43. The second-order valence-electron chi connectivity index (χ2n) is 6.62. The van der Waals surface area contributed by atoms with Crippen molar-refractivity contribution >= 4 is 5.91 Å². The van der Waals surface area contributed by atoms with Crippen LogP contribution < -0.4 is 11.2 Å². The van der Waals surface area contributed by atoms with Crippen LogP contribution in [0.5, 0.6) is 0 Å². The lowest BCUT2D eigenvalue weighted by Gasteiger charge is -2.25. The number of hydrogen-bond donors (Lipinski definition) is 2. The monoisotopic (exact) mass is 342 g/mol. The molecule has 3 rings (SSSR count). The van der Waals surface area contributed by atoms with Crippen LogP contribution in [0.3, 0.4) is 0 Å². The molecule has 0 saturated carbocycles. The van der Waals surface area contributed by atoms with E-state index < -0.39 is 11.2 Å². The number of carbonyl (C=O) groups is 1. The van der Waals surface area contributed by atoms with Crippen LogP contribution in [0.1, 0.15) is 40.4 Å². The molecular formula is C18H22N4O3. The Morgan fingerprint density at radius 3 is 2.60 bits per heavy atom. The second kappa shape index (κ2) is 7.06. The van der Waals surface area contributed by atoms with Gasteiger partial charge in [-0.25, -0.2) is 4.79 Å². The van der Waals surface area contributed by atoms with E-state index in [1.54, 1.807) is 4.90 Å². The molecule has 1 aliphatic rings. The van der Waals surface area contributed by atoms with Crippen molar-refractivity contribution in [3.05, 3.63) is 68.0 Å². The summed E-state index contributed by atoms with van der Waals surface area (Å²) >= 11 is 0. The third kappa shape index (κ3) is 3.71. The van der Waals surface area contributed by atoms with Crippen molar-refractivity contribution in [3.8, 4) is 0 Å². The predicted molar refractivity (Wildman–Crippen MR) is 94.5 cm³/mol. The van der Waals surface area contributed by atoms with Gasteiger partial charge in [0.25, 0.3) is 11.5 Å². The van der Waals surface area contributed by atoms with Gasteiger partial charge < -0.3 is 14.8 Å². The van der Waals surface area contributed by atoms with E-state index >= 15 is 0 Å². The zero-order chi connectivity index (χ0) is 18.0. The number of H-pyrrole nitrogens is 2. The first-order valence-electron chi connectivity index (χ1n) is 8.32. The number of aromatic nitrogens is 2. The maximum absolute atomic E-state index is 12.8. The summed E-state index contributed by atoms with van der Waals surface area (Å²) in [5, 5.41) is 0. The molecule has 0 bridgehead atoms. The summed E-state index contributed by atoms with van der Waals surface area (Å²) in [5.74, 6) is -0.350. The largest absolute Gasteiger partial charge is 0.331 e. The Kier molecular flexibility index (Phi) is 4.85. The Bertz CT molecular complexity index is 867. The van der Waals surface area contributed by atoms with Gasteiger partial charge in [-0.1, -0.05) is 24.3 Å². The van der Waals surface area contributed by atoms with Crippen LogP contribution >= 0.6 is 0 Å². The number of benzene rings is 1. The molecule has 1 saturated heterocycles. The molecule has 1 aromatic carbocycles. The SMILES string of the molecule is CN(C)Cc1ccc(C2CCCN2C(=O)c2c[nH]c(=O)[nH]c2=O)cc1. The zero-order valence-corrected chi connectivity index (χ0v) is 14.4. The minimum absolute atomic E-state index is 0.0317. The molecule has 0 spiro atoms. The summed E-state index contributed by atoms with van der Waals surface area (Å²) in [5.41, 5.74) is 0.975. The lowest BCUT2D eigenvalue weighted by atomic mass is 10.0. The highest BCUT2D eigenvalue weighted by molar-refractivity contribution is 5.94. The smallest absolute Gasteiger partial charge is 0.325 e. The Hall–Kier alpha value is -2.67. The second-order valence-corrected chi connectivity index (χ2v) is 6.62. The normalized spacial score (nSPS) is 17.2. The molecule has 0 radical (unpaired) electrons. The maximum atomic E-state index is 12.8. The summed E-state index contributed by atoms with van der Waals surface area (Å²) in [6.07, 6.45) is 2.94. The Balaban J connectivity index is 1.83. The molecule has 1 aliphatic heterocycles. The van der Waals surface area contributed by atoms with Crippen molar-refractivity contribution < 1.29 is 4.79 Å². The van der Waals surface area contributed by atoms with Crippen LogP contribution in [-0.4, -0.2) is 46.3 Å².